The molecule has 0 fully saturated rings. The molecule has 1 unspecified atom stereocenters. The number of hydrogen-bond acceptors (Lipinski definition) is 4. The number of methoxy groups -OCH3 is 1. The molecule has 18 heavy (non-hydrogen) atoms. The summed E-state index contributed by atoms with van der Waals surface area (Å²) in [7, 11) is 1.27. The summed E-state index contributed by atoms with van der Waals surface area (Å²) in [6, 6.07) is -0.627. The van der Waals surface area contributed by atoms with Crippen LogP contribution >= 0.6 is 0 Å². The van der Waals surface area contributed by atoms with Crippen LogP contribution in [0, 0.1) is 5.41 Å². The van der Waals surface area contributed by atoms with E-state index >= 15 is 0 Å². The average molecular weight is 253 g/mol. The molecule has 0 spiro atoms. The fraction of sp³-hybridized carbons (Fsp3) is 0.583. The lowest BCUT2D eigenvalue weighted by atomic mass is 9.85. The van der Waals surface area contributed by atoms with Crippen molar-refractivity contribution in [3.63, 3.8) is 0 Å². The molecule has 1 rings (SSSR count). The van der Waals surface area contributed by atoms with Crippen LogP contribution in [0.15, 0.2) is 12.5 Å². The predicted octanol–water partition coefficient (Wildman–Crippen LogP) is 1.29. The maximum absolute atomic E-state index is 12.2. The number of Topliss-reactive ketones (excluding diaryl/α,β-unsaturated/α-hetero) is 1. The Morgan fingerprint density at radius 1 is 1.50 bits per heavy atom. The van der Waals surface area contributed by atoms with Gasteiger partial charge >= 0.3 is 6.09 Å². The zero-order valence-electron chi connectivity index (χ0n) is 11.1. The molecule has 6 heteroatoms. The van der Waals surface area contributed by atoms with Crippen LogP contribution in [0.1, 0.15) is 26.5 Å². The first-order valence-electron chi connectivity index (χ1n) is 5.70. The fourth-order valence-corrected chi connectivity index (χ4v) is 1.55. The van der Waals surface area contributed by atoms with Gasteiger partial charge < -0.3 is 15.0 Å². The van der Waals surface area contributed by atoms with Gasteiger partial charge in [-0.05, 0) is 0 Å². The van der Waals surface area contributed by atoms with Crippen molar-refractivity contribution >= 4 is 11.9 Å². The number of aromatic amines is 1. The van der Waals surface area contributed by atoms with Gasteiger partial charge in [0.05, 0.1) is 19.5 Å². The second-order valence-electron chi connectivity index (χ2n) is 5.08. The van der Waals surface area contributed by atoms with Crippen LogP contribution in [0.2, 0.25) is 0 Å². The molecular formula is C12H19N3O3. The van der Waals surface area contributed by atoms with E-state index in [9.17, 15) is 9.59 Å². The lowest BCUT2D eigenvalue weighted by molar-refractivity contribution is -0.128. The number of amides is 1. The van der Waals surface area contributed by atoms with E-state index in [2.05, 4.69) is 20.0 Å². The molecule has 6 nitrogen and oxygen atoms in total. The number of aromatic nitrogens is 2. The van der Waals surface area contributed by atoms with Crippen molar-refractivity contribution < 1.29 is 14.3 Å². The Bertz CT molecular complexity index is 407. The lowest BCUT2D eigenvalue weighted by Crippen LogP contribution is -2.47. The van der Waals surface area contributed by atoms with Gasteiger partial charge in [-0.3, -0.25) is 4.79 Å². The minimum atomic E-state index is -0.627. The van der Waals surface area contributed by atoms with Crippen molar-refractivity contribution in [1.29, 1.82) is 0 Å². The van der Waals surface area contributed by atoms with E-state index in [0.29, 0.717) is 6.42 Å². The highest BCUT2D eigenvalue weighted by Crippen LogP contribution is 2.18. The van der Waals surface area contributed by atoms with Crippen LogP contribution in [0.4, 0.5) is 4.79 Å². The Kier molecular flexibility index (Phi) is 4.47. The lowest BCUT2D eigenvalue weighted by Gasteiger charge is -2.24. The molecule has 0 aliphatic carbocycles. The molecule has 0 aliphatic rings. The van der Waals surface area contributed by atoms with E-state index in [1.807, 2.05) is 20.8 Å². The molecule has 1 aromatic heterocycles. The van der Waals surface area contributed by atoms with E-state index in [0.717, 1.165) is 5.69 Å². The first kappa shape index (κ1) is 14.2. The molecule has 1 amide bonds. The zero-order chi connectivity index (χ0) is 13.8. The van der Waals surface area contributed by atoms with Gasteiger partial charge in [0.15, 0.2) is 5.78 Å². The predicted molar refractivity (Wildman–Crippen MR) is 66.1 cm³/mol. The third-order valence-corrected chi connectivity index (χ3v) is 2.51. The topological polar surface area (TPSA) is 84.1 Å². The van der Waals surface area contributed by atoms with Gasteiger partial charge in [0.25, 0.3) is 0 Å². The summed E-state index contributed by atoms with van der Waals surface area (Å²) in [6.07, 6.45) is 2.91. The van der Waals surface area contributed by atoms with Crippen LogP contribution in [-0.2, 0) is 16.0 Å². The number of imidazole rings is 1. The monoisotopic (exact) mass is 253 g/mol. The SMILES string of the molecule is COC(=O)NC(Cc1cnc[nH]1)C(=O)C(C)(C)C. The molecule has 0 aliphatic heterocycles. The molecule has 1 heterocycles. The van der Waals surface area contributed by atoms with Gasteiger partial charge in [0.1, 0.15) is 0 Å². The Balaban J connectivity index is 2.81. The van der Waals surface area contributed by atoms with Crippen LogP contribution < -0.4 is 5.32 Å². The standard InChI is InChI=1S/C12H19N3O3/c1-12(2,3)10(16)9(15-11(17)18-4)5-8-6-13-7-14-8/h6-7,9H,5H2,1-4H3,(H,13,14)(H,15,17). The molecule has 0 saturated heterocycles. The highest BCUT2D eigenvalue weighted by Gasteiger charge is 2.31. The highest BCUT2D eigenvalue weighted by molar-refractivity contribution is 5.91. The number of ether oxygens (including phenoxy) is 1. The van der Waals surface area contributed by atoms with Crippen LogP contribution in [0.3, 0.4) is 0 Å². The van der Waals surface area contributed by atoms with E-state index < -0.39 is 17.6 Å². The number of carbonyl (C=O) groups excluding carboxylic acids is 2. The van der Waals surface area contributed by atoms with Gasteiger partial charge in [-0.1, -0.05) is 20.8 Å². The summed E-state index contributed by atoms with van der Waals surface area (Å²) in [5.41, 5.74) is 0.250. The number of nitrogens with zero attached hydrogens (tertiary/aromatic N) is 1. The number of H-pyrrole nitrogens is 1. The highest BCUT2D eigenvalue weighted by atomic mass is 16.5. The molecule has 0 radical (unpaired) electrons. The third-order valence-electron chi connectivity index (χ3n) is 2.51. The van der Waals surface area contributed by atoms with Gasteiger partial charge in [-0.15, -0.1) is 0 Å². The van der Waals surface area contributed by atoms with E-state index in [4.69, 9.17) is 0 Å². The van der Waals surface area contributed by atoms with Crippen LogP contribution in [0.5, 0.6) is 0 Å². The van der Waals surface area contributed by atoms with Crippen LogP contribution in [-0.4, -0.2) is 35.0 Å². The number of hydrogen-bond donors (Lipinski definition) is 2. The van der Waals surface area contributed by atoms with Crippen molar-refractivity contribution in [3.05, 3.63) is 18.2 Å². The van der Waals surface area contributed by atoms with E-state index in [1.54, 1.807) is 6.20 Å². The Morgan fingerprint density at radius 2 is 2.17 bits per heavy atom. The minimum Gasteiger partial charge on any atom is -0.453 e. The second-order valence-corrected chi connectivity index (χ2v) is 5.08. The summed E-state index contributed by atoms with van der Waals surface area (Å²) in [6.45, 7) is 5.44. The largest absolute Gasteiger partial charge is 0.453 e. The van der Waals surface area contributed by atoms with Gasteiger partial charge in [0.2, 0.25) is 0 Å². The quantitative estimate of drug-likeness (QED) is 0.847. The first-order valence-corrected chi connectivity index (χ1v) is 5.70. The third kappa shape index (κ3) is 3.87. The molecule has 0 aromatic carbocycles. The summed E-state index contributed by atoms with van der Waals surface area (Å²) in [5.74, 6) is -0.0532. The Morgan fingerprint density at radius 3 is 2.61 bits per heavy atom. The van der Waals surface area contributed by atoms with Gasteiger partial charge in [0, 0.05) is 23.7 Å². The summed E-state index contributed by atoms with van der Waals surface area (Å²) < 4.78 is 4.53. The summed E-state index contributed by atoms with van der Waals surface area (Å²) >= 11 is 0. The minimum absolute atomic E-state index is 0.0532. The Hall–Kier alpha value is -1.85. The van der Waals surface area contributed by atoms with Crippen LogP contribution in [0.25, 0.3) is 0 Å². The van der Waals surface area contributed by atoms with Crippen molar-refractivity contribution in [2.45, 2.75) is 33.2 Å². The number of nitrogens with one attached hydrogen (secondary N) is 2. The number of carbonyl (C=O) groups is 2. The molecule has 2 N–H and O–H groups in total. The van der Waals surface area contributed by atoms with Gasteiger partial charge in [-0.2, -0.15) is 0 Å². The first-order chi connectivity index (χ1) is 8.34. The molecule has 1 aromatic rings. The smallest absolute Gasteiger partial charge is 0.407 e. The van der Waals surface area contributed by atoms with Crippen molar-refractivity contribution in [2.24, 2.45) is 5.41 Å². The average Bonchev–Trinajstić information content (AvgIpc) is 2.78. The molecule has 0 bridgehead atoms. The van der Waals surface area contributed by atoms with Crippen molar-refractivity contribution in [2.75, 3.05) is 7.11 Å². The number of ketones is 1. The molecule has 1 atom stereocenters. The van der Waals surface area contributed by atoms with Crippen molar-refractivity contribution in [1.82, 2.24) is 15.3 Å². The molecule has 0 saturated carbocycles. The number of rotatable bonds is 4. The molecular weight excluding hydrogens is 234 g/mol. The normalized spacial score (nSPS) is 12.9. The molecule has 100 valence electrons. The summed E-state index contributed by atoms with van der Waals surface area (Å²) in [5, 5.41) is 2.55. The zero-order valence-corrected chi connectivity index (χ0v) is 11.1. The van der Waals surface area contributed by atoms with E-state index in [-0.39, 0.29) is 5.78 Å². The Labute approximate surface area is 106 Å². The maximum Gasteiger partial charge on any atom is 0.407 e. The second kappa shape index (κ2) is 5.66. The maximum atomic E-state index is 12.2. The van der Waals surface area contributed by atoms with E-state index in [1.165, 1.54) is 13.4 Å². The fourth-order valence-electron chi connectivity index (χ4n) is 1.55. The van der Waals surface area contributed by atoms with Gasteiger partial charge in [-0.25, -0.2) is 9.78 Å². The van der Waals surface area contributed by atoms with Crippen molar-refractivity contribution in [3.8, 4) is 0 Å². The summed E-state index contributed by atoms with van der Waals surface area (Å²) in [4.78, 5) is 30.3. The number of alkyl carbamates (subject to hydrolysis) is 1.